The first-order chi connectivity index (χ1) is 11.1. The minimum atomic E-state index is -0.424. The van der Waals surface area contributed by atoms with E-state index < -0.39 is 5.95 Å². The van der Waals surface area contributed by atoms with Gasteiger partial charge in [-0.3, -0.25) is 9.69 Å². The van der Waals surface area contributed by atoms with Crippen molar-refractivity contribution in [2.24, 2.45) is 0 Å². The molecule has 2 aromatic rings. The standard InChI is InChI=1S/C17H19FN4O/c1-10-4-6-19-15(18)12(10)8-22-7-5-14-13(9-22)17(23)21-16(20-14)11-2-3-11/h4,6,11H,2-3,5,7-9H2,1H3,(H,20,21,23). The van der Waals surface area contributed by atoms with E-state index in [9.17, 15) is 9.18 Å². The second-order valence-corrected chi connectivity index (χ2v) is 6.51. The molecule has 23 heavy (non-hydrogen) atoms. The molecular formula is C17H19FN4O. The Morgan fingerprint density at radius 1 is 1.43 bits per heavy atom. The van der Waals surface area contributed by atoms with Gasteiger partial charge in [0.1, 0.15) is 5.82 Å². The number of aromatic amines is 1. The maximum Gasteiger partial charge on any atom is 0.255 e. The summed E-state index contributed by atoms with van der Waals surface area (Å²) in [7, 11) is 0. The molecule has 0 radical (unpaired) electrons. The van der Waals surface area contributed by atoms with E-state index in [0.717, 1.165) is 48.5 Å². The molecule has 1 aliphatic heterocycles. The summed E-state index contributed by atoms with van der Waals surface area (Å²) in [6.07, 6.45) is 4.45. The quantitative estimate of drug-likeness (QED) is 0.881. The molecule has 0 bridgehead atoms. The number of pyridine rings is 1. The van der Waals surface area contributed by atoms with Crippen LogP contribution in [0.15, 0.2) is 17.1 Å². The van der Waals surface area contributed by atoms with Gasteiger partial charge in [0, 0.05) is 43.7 Å². The predicted molar refractivity (Wildman–Crippen MR) is 83.6 cm³/mol. The number of hydrogen-bond donors (Lipinski definition) is 1. The van der Waals surface area contributed by atoms with E-state index in [1.807, 2.05) is 13.0 Å². The van der Waals surface area contributed by atoms with Crippen LogP contribution in [0.2, 0.25) is 0 Å². The monoisotopic (exact) mass is 314 g/mol. The molecule has 0 atom stereocenters. The van der Waals surface area contributed by atoms with E-state index in [0.29, 0.717) is 24.6 Å². The van der Waals surface area contributed by atoms with Gasteiger partial charge in [0.2, 0.25) is 5.95 Å². The molecule has 5 nitrogen and oxygen atoms in total. The van der Waals surface area contributed by atoms with Gasteiger partial charge in [0.15, 0.2) is 0 Å². The molecule has 120 valence electrons. The molecule has 1 saturated carbocycles. The Bertz CT molecular complexity index is 792. The third-order valence-electron chi connectivity index (χ3n) is 4.75. The fraction of sp³-hybridized carbons (Fsp3) is 0.471. The van der Waals surface area contributed by atoms with E-state index in [1.54, 1.807) is 0 Å². The molecule has 0 saturated heterocycles. The van der Waals surface area contributed by atoms with Crippen LogP contribution in [0.25, 0.3) is 0 Å². The number of nitrogens with one attached hydrogen (secondary N) is 1. The van der Waals surface area contributed by atoms with Crippen LogP contribution < -0.4 is 5.56 Å². The minimum absolute atomic E-state index is 0.0371. The van der Waals surface area contributed by atoms with Crippen LogP contribution in [0, 0.1) is 12.9 Å². The van der Waals surface area contributed by atoms with Crippen molar-refractivity contribution >= 4 is 0 Å². The number of nitrogens with zero attached hydrogens (tertiary/aromatic N) is 3. The molecule has 2 aromatic heterocycles. The van der Waals surface area contributed by atoms with E-state index in [1.165, 1.54) is 6.20 Å². The lowest BCUT2D eigenvalue weighted by atomic mass is 10.0. The highest BCUT2D eigenvalue weighted by atomic mass is 19.1. The lowest BCUT2D eigenvalue weighted by Crippen LogP contribution is -2.36. The molecule has 0 amide bonds. The molecule has 6 heteroatoms. The van der Waals surface area contributed by atoms with Gasteiger partial charge in [0.25, 0.3) is 5.56 Å². The number of fused-ring (bicyclic) bond motifs is 1. The van der Waals surface area contributed by atoms with Crippen LogP contribution in [-0.4, -0.2) is 26.4 Å². The fourth-order valence-electron chi connectivity index (χ4n) is 3.15. The van der Waals surface area contributed by atoms with Gasteiger partial charge >= 0.3 is 0 Å². The lowest BCUT2D eigenvalue weighted by Gasteiger charge is -2.28. The van der Waals surface area contributed by atoms with Crippen LogP contribution >= 0.6 is 0 Å². The molecule has 0 spiro atoms. The summed E-state index contributed by atoms with van der Waals surface area (Å²) in [6.45, 7) is 3.64. The normalized spacial score (nSPS) is 18.0. The lowest BCUT2D eigenvalue weighted by molar-refractivity contribution is 0.236. The number of hydrogen-bond acceptors (Lipinski definition) is 4. The zero-order chi connectivity index (χ0) is 16.0. The van der Waals surface area contributed by atoms with Gasteiger partial charge in [-0.1, -0.05) is 0 Å². The van der Waals surface area contributed by atoms with Crippen LogP contribution in [0.3, 0.4) is 0 Å². The smallest absolute Gasteiger partial charge is 0.255 e. The minimum Gasteiger partial charge on any atom is -0.310 e. The van der Waals surface area contributed by atoms with Gasteiger partial charge in [-0.15, -0.1) is 0 Å². The molecule has 3 heterocycles. The molecular weight excluding hydrogens is 295 g/mol. The summed E-state index contributed by atoms with van der Waals surface area (Å²) >= 11 is 0. The first-order valence-electron chi connectivity index (χ1n) is 8.06. The summed E-state index contributed by atoms with van der Waals surface area (Å²) in [5, 5.41) is 0. The van der Waals surface area contributed by atoms with Gasteiger partial charge < -0.3 is 4.98 Å². The van der Waals surface area contributed by atoms with Gasteiger partial charge in [0.05, 0.1) is 11.3 Å². The van der Waals surface area contributed by atoms with Crippen LogP contribution in [-0.2, 0) is 19.5 Å². The summed E-state index contributed by atoms with van der Waals surface area (Å²) in [4.78, 5) is 25.7. The van der Waals surface area contributed by atoms with E-state index in [4.69, 9.17) is 0 Å². The SMILES string of the molecule is Cc1ccnc(F)c1CN1CCc2nc(C3CC3)[nH]c(=O)c2C1. The Labute approximate surface area is 133 Å². The fourth-order valence-corrected chi connectivity index (χ4v) is 3.15. The Morgan fingerprint density at radius 3 is 3.00 bits per heavy atom. The van der Waals surface area contributed by atoms with Crippen LogP contribution in [0.1, 0.15) is 47.0 Å². The zero-order valence-corrected chi connectivity index (χ0v) is 13.1. The number of aryl methyl sites for hydroxylation is 1. The highest BCUT2D eigenvalue weighted by Crippen LogP contribution is 2.37. The predicted octanol–water partition coefficient (Wildman–Crippen LogP) is 2.05. The number of halogens is 1. The molecule has 1 aliphatic carbocycles. The summed E-state index contributed by atoms with van der Waals surface area (Å²) in [6, 6.07) is 1.81. The molecule has 1 N–H and O–H groups in total. The van der Waals surface area contributed by atoms with Crippen molar-refractivity contribution in [2.75, 3.05) is 6.54 Å². The molecule has 1 fully saturated rings. The average molecular weight is 314 g/mol. The van der Waals surface area contributed by atoms with Gasteiger partial charge in [-0.2, -0.15) is 4.39 Å². The second-order valence-electron chi connectivity index (χ2n) is 6.51. The third kappa shape index (κ3) is 2.79. The Kier molecular flexibility index (Phi) is 3.49. The van der Waals surface area contributed by atoms with Crippen molar-refractivity contribution in [3.05, 3.63) is 56.8 Å². The van der Waals surface area contributed by atoms with Crippen molar-refractivity contribution in [3.63, 3.8) is 0 Å². The number of H-pyrrole nitrogens is 1. The number of aromatic nitrogens is 3. The van der Waals surface area contributed by atoms with Crippen molar-refractivity contribution < 1.29 is 4.39 Å². The topological polar surface area (TPSA) is 61.9 Å². The maximum atomic E-state index is 13.9. The van der Waals surface area contributed by atoms with E-state index >= 15 is 0 Å². The summed E-state index contributed by atoms with van der Waals surface area (Å²) in [5.41, 5.74) is 3.09. The molecule has 2 aliphatic rings. The highest BCUT2D eigenvalue weighted by molar-refractivity contribution is 5.25. The molecule has 4 rings (SSSR count). The third-order valence-corrected chi connectivity index (χ3v) is 4.75. The second kappa shape index (κ2) is 5.53. The largest absolute Gasteiger partial charge is 0.310 e. The summed E-state index contributed by atoms with van der Waals surface area (Å²) < 4.78 is 13.9. The van der Waals surface area contributed by atoms with Crippen molar-refractivity contribution in [3.8, 4) is 0 Å². The summed E-state index contributed by atoms with van der Waals surface area (Å²) in [5.74, 6) is 0.862. The van der Waals surface area contributed by atoms with E-state index in [-0.39, 0.29) is 5.56 Å². The van der Waals surface area contributed by atoms with Crippen LogP contribution in [0.4, 0.5) is 4.39 Å². The molecule has 0 aromatic carbocycles. The maximum absolute atomic E-state index is 13.9. The average Bonchev–Trinajstić information content (AvgIpc) is 3.36. The first-order valence-corrected chi connectivity index (χ1v) is 8.06. The van der Waals surface area contributed by atoms with Crippen molar-refractivity contribution in [2.45, 2.75) is 45.2 Å². The van der Waals surface area contributed by atoms with Gasteiger partial charge in [-0.05, 0) is 31.4 Å². The Hall–Kier alpha value is -2.08. The first kappa shape index (κ1) is 14.5. The highest BCUT2D eigenvalue weighted by Gasteiger charge is 2.29. The zero-order valence-electron chi connectivity index (χ0n) is 13.1. The van der Waals surface area contributed by atoms with Crippen molar-refractivity contribution in [1.82, 2.24) is 19.9 Å². The molecule has 0 unspecified atom stereocenters. The Morgan fingerprint density at radius 2 is 2.26 bits per heavy atom. The van der Waals surface area contributed by atoms with Gasteiger partial charge in [-0.25, -0.2) is 9.97 Å². The van der Waals surface area contributed by atoms with Crippen LogP contribution in [0.5, 0.6) is 0 Å². The van der Waals surface area contributed by atoms with E-state index in [2.05, 4.69) is 19.9 Å². The van der Waals surface area contributed by atoms with Crippen molar-refractivity contribution in [1.29, 1.82) is 0 Å². The number of rotatable bonds is 3. The Balaban J connectivity index is 1.58.